The first-order valence-electron chi connectivity index (χ1n) is 11.4. The maximum atomic E-state index is 13.4. The van der Waals surface area contributed by atoms with Crippen LogP contribution in [0, 0.1) is 13.8 Å². The molecule has 1 atom stereocenters. The number of carbonyl (C=O) groups is 2. The maximum Gasteiger partial charge on any atom is 0.301 e. The Kier molecular flexibility index (Phi) is 5.86. The summed E-state index contributed by atoms with van der Waals surface area (Å²) < 4.78 is 6.41. The van der Waals surface area contributed by atoms with Crippen molar-refractivity contribution >= 4 is 44.1 Å². The van der Waals surface area contributed by atoms with E-state index in [-0.39, 0.29) is 11.3 Å². The summed E-state index contributed by atoms with van der Waals surface area (Å²) in [6, 6.07) is 19.5. The van der Waals surface area contributed by atoms with Crippen LogP contribution in [-0.4, -0.2) is 28.4 Å². The molecule has 7 heteroatoms. The first-order valence-corrected chi connectivity index (χ1v) is 12.2. The Bertz CT molecular complexity index is 1470. The van der Waals surface area contributed by atoms with E-state index in [4.69, 9.17) is 4.74 Å². The molecule has 0 aliphatic carbocycles. The number of aliphatic hydroxyl groups excluding tert-OH is 1. The molecule has 1 aromatic heterocycles. The number of ketones is 1. The van der Waals surface area contributed by atoms with Gasteiger partial charge in [0.15, 0.2) is 5.13 Å². The minimum absolute atomic E-state index is 0.0402. The van der Waals surface area contributed by atoms with Gasteiger partial charge in [-0.3, -0.25) is 14.5 Å². The fourth-order valence-corrected chi connectivity index (χ4v) is 5.34. The zero-order valence-electron chi connectivity index (χ0n) is 19.6. The predicted octanol–water partition coefficient (Wildman–Crippen LogP) is 5.94. The Morgan fingerprint density at radius 2 is 1.69 bits per heavy atom. The third kappa shape index (κ3) is 4.08. The molecular formula is C28H24N2O4S. The first-order chi connectivity index (χ1) is 16.9. The first kappa shape index (κ1) is 22.8. The zero-order valence-corrected chi connectivity index (χ0v) is 20.4. The van der Waals surface area contributed by atoms with E-state index in [9.17, 15) is 14.7 Å². The normalized spacial score (nSPS) is 17.3. The van der Waals surface area contributed by atoms with E-state index in [0.717, 1.165) is 26.9 Å². The third-order valence-electron chi connectivity index (χ3n) is 6.02. The molecule has 1 aliphatic heterocycles. The molecule has 5 rings (SSSR count). The molecule has 1 N–H and O–H groups in total. The van der Waals surface area contributed by atoms with Crippen LogP contribution < -0.4 is 9.64 Å². The molecule has 6 nitrogen and oxygen atoms in total. The number of benzene rings is 3. The average molecular weight is 485 g/mol. The monoisotopic (exact) mass is 484 g/mol. The summed E-state index contributed by atoms with van der Waals surface area (Å²) in [4.78, 5) is 32.8. The molecule has 0 unspecified atom stereocenters. The van der Waals surface area contributed by atoms with Gasteiger partial charge in [0.1, 0.15) is 11.5 Å². The van der Waals surface area contributed by atoms with Gasteiger partial charge in [0.25, 0.3) is 5.78 Å². The Morgan fingerprint density at radius 1 is 1.00 bits per heavy atom. The zero-order chi connectivity index (χ0) is 24.7. The highest BCUT2D eigenvalue weighted by atomic mass is 32.1. The molecular weight excluding hydrogens is 460 g/mol. The van der Waals surface area contributed by atoms with Crippen molar-refractivity contribution in [3.8, 4) is 5.75 Å². The minimum Gasteiger partial charge on any atom is -0.507 e. The van der Waals surface area contributed by atoms with Gasteiger partial charge in [-0.25, -0.2) is 4.98 Å². The second-order valence-corrected chi connectivity index (χ2v) is 9.51. The van der Waals surface area contributed by atoms with Crippen LogP contribution in [0.15, 0.2) is 72.3 Å². The van der Waals surface area contributed by atoms with Crippen molar-refractivity contribution in [2.45, 2.75) is 26.8 Å². The lowest BCUT2D eigenvalue weighted by Gasteiger charge is -2.23. The Balaban J connectivity index is 1.68. The summed E-state index contributed by atoms with van der Waals surface area (Å²) >= 11 is 1.35. The van der Waals surface area contributed by atoms with Gasteiger partial charge in [0, 0.05) is 5.56 Å². The number of anilines is 1. The van der Waals surface area contributed by atoms with Gasteiger partial charge in [0.2, 0.25) is 0 Å². The van der Waals surface area contributed by atoms with Crippen LogP contribution in [0.2, 0.25) is 0 Å². The molecule has 176 valence electrons. The molecule has 2 heterocycles. The fourth-order valence-electron chi connectivity index (χ4n) is 4.25. The van der Waals surface area contributed by atoms with Crippen molar-refractivity contribution in [3.63, 3.8) is 0 Å². The van der Waals surface area contributed by atoms with E-state index in [0.29, 0.717) is 23.1 Å². The summed E-state index contributed by atoms with van der Waals surface area (Å²) in [6.45, 7) is 6.37. The second-order valence-electron chi connectivity index (χ2n) is 8.50. The number of fused-ring (bicyclic) bond motifs is 1. The lowest BCUT2D eigenvalue weighted by molar-refractivity contribution is -0.132. The van der Waals surface area contributed by atoms with E-state index >= 15 is 0 Å². The average Bonchev–Trinajstić information content (AvgIpc) is 3.37. The molecule has 3 aromatic carbocycles. The molecule has 1 amide bonds. The Labute approximate surface area is 207 Å². The van der Waals surface area contributed by atoms with E-state index in [1.807, 2.05) is 63.2 Å². The number of ether oxygens (including phenoxy) is 1. The van der Waals surface area contributed by atoms with Gasteiger partial charge in [-0.15, -0.1) is 0 Å². The summed E-state index contributed by atoms with van der Waals surface area (Å²) in [5.41, 5.74) is 4.08. The summed E-state index contributed by atoms with van der Waals surface area (Å²) in [5, 5.41) is 11.7. The summed E-state index contributed by atoms with van der Waals surface area (Å²) in [7, 11) is 0. The molecule has 0 radical (unpaired) electrons. The highest BCUT2D eigenvalue weighted by molar-refractivity contribution is 7.22. The van der Waals surface area contributed by atoms with Crippen molar-refractivity contribution in [3.05, 3.63) is 94.6 Å². The van der Waals surface area contributed by atoms with Crippen molar-refractivity contribution < 1.29 is 19.4 Å². The topological polar surface area (TPSA) is 79.7 Å². The molecule has 4 aromatic rings. The van der Waals surface area contributed by atoms with Gasteiger partial charge in [-0.1, -0.05) is 47.2 Å². The number of Topliss-reactive ketones (excluding diaryl/α,β-unsaturated/α-hetero) is 1. The third-order valence-corrected chi connectivity index (χ3v) is 7.03. The van der Waals surface area contributed by atoms with Crippen molar-refractivity contribution in [1.82, 2.24) is 4.98 Å². The molecule has 0 bridgehead atoms. The SMILES string of the molecule is CCOc1ccc(/C(O)=C2\C(=O)C(=O)N(c3nc4ccc(C)cc4s3)[C@@H]2c2ccc(C)cc2)cc1. The number of hydrogen-bond donors (Lipinski definition) is 1. The van der Waals surface area contributed by atoms with Crippen molar-refractivity contribution in [2.75, 3.05) is 11.5 Å². The molecule has 1 saturated heterocycles. The van der Waals surface area contributed by atoms with Crippen LogP contribution in [0.4, 0.5) is 5.13 Å². The number of thiazole rings is 1. The Hall–Kier alpha value is -3.97. The summed E-state index contributed by atoms with van der Waals surface area (Å²) in [6.07, 6.45) is 0. The van der Waals surface area contributed by atoms with Crippen LogP contribution in [0.25, 0.3) is 16.0 Å². The van der Waals surface area contributed by atoms with Crippen LogP contribution >= 0.6 is 11.3 Å². The Morgan fingerprint density at radius 3 is 2.37 bits per heavy atom. The maximum absolute atomic E-state index is 13.4. The number of hydrogen-bond acceptors (Lipinski definition) is 6. The largest absolute Gasteiger partial charge is 0.507 e. The van der Waals surface area contributed by atoms with Crippen molar-refractivity contribution in [1.29, 1.82) is 0 Å². The van der Waals surface area contributed by atoms with E-state index in [1.54, 1.807) is 24.3 Å². The minimum atomic E-state index is -0.802. The lowest BCUT2D eigenvalue weighted by atomic mass is 9.95. The fraction of sp³-hybridized carbons (Fsp3) is 0.179. The van der Waals surface area contributed by atoms with Crippen molar-refractivity contribution in [2.24, 2.45) is 0 Å². The smallest absolute Gasteiger partial charge is 0.301 e. The van der Waals surface area contributed by atoms with Crippen LogP contribution in [-0.2, 0) is 9.59 Å². The highest BCUT2D eigenvalue weighted by Gasteiger charge is 2.48. The highest BCUT2D eigenvalue weighted by Crippen LogP contribution is 2.44. The molecule has 1 fully saturated rings. The predicted molar refractivity (Wildman–Crippen MR) is 138 cm³/mol. The van der Waals surface area contributed by atoms with Crippen LogP contribution in [0.1, 0.15) is 35.2 Å². The van der Waals surface area contributed by atoms with Gasteiger partial charge in [-0.05, 0) is 68.3 Å². The van der Waals surface area contributed by atoms with E-state index in [2.05, 4.69) is 4.98 Å². The van der Waals surface area contributed by atoms with E-state index < -0.39 is 17.7 Å². The molecule has 1 aliphatic rings. The van der Waals surface area contributed by atoms with E-state index in [1.165, 1.54) is 16.2 Å². The number of aryl methyl sites for hydroxylation is 2. The number of aliphatic hydroxyl groups is 1. The number of rotatable bonds is 5. The number of nitrogens with zero attached hydrogens (tertiary/aromatic N) is 2. The molecule has 35 heavy (non-hydrogen) atoms. The second kappa shape index (κ2) is 9.00. The number of aromatic nitrogens is 1. The van der Waals surface area contributed by atoms with Gasteiger partial charge in [0.05, 0.1) is 28.4 Å². The summed E-state index contributed by atoms with van der Waals surface area (Å²) in [5.74, 6) is -1.02. The van der Waals surface area contributed by atoms with Crippen LogP contribution in [0.3, 0.4) is 0 Å². The van der Waals surface area contributed by atoms with Gasteiger partial charge < -0.3 is 9.84 Å². The molecule has 0 saturated carbocycles. The molecule has 0 spiro atoms. The lowest BCUT2D eigenvalue weighted by Crippen LogP contribution is -2.29. The van der Waals surface area contributed by atoms with Gasteiger partial charge >= 0.3 is 5.91 Å². The number of carbonyl (C=O) groups excluding carboxylic acids is 2. The standard InChI is InChI=1S/C28H24N2O4S/c1-4-34-20-12-10-19(11-13-20)25(31)23-24(18-8-5-16(2)6-9-18)30(27(33)26(23)32)28-29-21-14-7-17(3)15-22(21)35-28/h5-15,24,31H,4H2,1-3H3/b25-23+/t24-/m1/s1. The van der Waals surface area contributed by atoms with Gasteiger partial charge in [-0.2, -0.15) is 0 Å². The number of amides is 1. The quantitative estimate of drug-likeness (QED) is 0.215. The van der Waals surface area contributed by atoms with Crippen LogP contribution in [0.5, 0.6) is 5.75 Å².